The summed E-state index contributed by atoms with van der Waals surface area (Å²) in [5, 5.41) is 25.0. The van der Waals surface area contributed by atoms with Gasteiger partial charge < -0.3 is 10.4 Å². The maximum absolute atomic E-state index is 12.3. The third-order valence-electron chi connectivity index (χ3n) is 4.57. The summed E-state index contributed by atoms with van der Waals surface area (Å²) < 4.78 is 3.24. The van der Waals surface area contributed by atoms with Crippen LogP contribution in [-0.2, 0) is 12.8 Å². The van der Waals surface area contributed by atoms with Gasteiger partial charge in [-0.2, -0.15) is 0 Å². The van der Waals surface area contributed by atoms with Crippen LogP contribution in [0.1, 0.15) is 61.8 Å². The van der Waals surface area contributed by atoms with E-state index >= 15 is 0 Å². The van der Waals surface area contributed by atoms with Crippen molar-refractivity contribution in [2.75, 3.05) is 0 Å². The zero-order chi connectivity index (χ0) is 13.4. The van der Waals surface area contributed by atoms with Gasteiger partial charge >= 0.3 is 0 Å². The van der Waals surface area contributed by atoms with Crippen LogP contribution in [0.2, 0.25) is 0 Å². The minimum Gasteiger partial charge on any atom is -0.711 e. The fraction of sp³-hybridized carbons (Fsp3) is 0.714. The molecule has 0 radical (unpaired) electrons. The molecule has 1 N–H and O–H groups in total. The van der Waals surface area contributed by atoms with Gasteiger partial charge in [-0.15, -0.1) is 0 Å². The lowest BCUT2D eigenvalue weighted by atomic mass is 9.92. The molecule has 0 aliphatic heterocycles. The van der Waals surface area contributed by atoms with E-state index in [1.54, 1.807) is 0 Å². The number of aromatic nitrogens is 2. The standard InChI is InChI=1S/C14H21N3O2/c1-10-16(12-7-3-2-6-11(12)15-18)13-8-4-5-9-14(13)17(10)19/h12,18H,2-9H2,1H3/b15-11-/t12-/m0/s1. The molecule has 1 aromatic rings. The highest BCUT2D eigenvalue weighted by Gasteiger charge is 2.35. The number of imidazole rings is 1. The van der Waals surface area contributed by atoms with Crippen LogP contribution in [-0.4, -0.2) is 15.5 Å². The topological polar surface area (TPSA) is 64.5 Å². The molecule has 0 unspecified atom stereocenters. The van der Waals surface area contributed by atoms with E-state index in [1.807, 2.05) is 6.92 Å². The highest BCUT2D eigenvalue weighted by Crippen LogP contribution is 2.31. The first-order chi connectivity index (χ1) is 9.24. The Hall–Kier alpha value is -1.52. The quantitative estimate of drug-likeness (QED) is 0.365. The van der Waals surface area contributed by atoms with Crippen molar-refractivity contribution < 1.29 is 9.94 Å². The second-order valence-corrected chi connectivity index (χ2v) is 5.67. The van der Waals surface area contributed by atoms with Gasteiger partial charge in [0.2, 0.25) is 0 Å². The number of fused-ring (bicyclic) bond motifs is 1. The Morgan fingerprint density at radius 1 is 1.21 bits per heavy atom. The first kappa shape index (κ1) is 12.5. The fourth-order valence-electron chi connectivity index (χ4n) is 3.63. The van der Waals surface area contributed by atoms with Crippen molar-refractivity contribution in [3.05, 3.63) is 22.4 Å². The highest BCUT2D eigenvalue weighted by atomic mass is 16.5. The van der Waals surface area contributed by atoms with Crippen LogP contribution >= 0.6 is 0 Å². The number of hydrogen-bond donors (Lipinski definition) is 1. The second kappa shape index (κ2) is 4.87. The number of hydrogen-bond acceptors (Lipinski definition) is 3. The highest BCUT2D eigenvalue weighted by molar-refractivity contribution is 5.88. The first-order valence-electron chi connectivity index (χ1n) is 7.27. The molecule has 2 aliphatic rings. The zero-order valence-electron chi connectivity index (χ0n) is 11.4. The Morgan fingerprint density at radius 2 is 1.95 bits per heavy atom. The molecule has 1 atom stereocenters. The Labute approximate surface area is 113 Å². The minimum atomic E-state index is 0.0841. The van der Waals surface area contributed by atoms with E-state index in [0.29, 0.717) is 0 Å². The largest absolute Gasteiger partial charge is 0.711 e. The summed E-state index contributed by atoms with van der Waals surface area (Å²) in [7, 11) is 0. The lowest BCUT2D eigenvalue weighted by molar-refractivity contribution is -0.620. The van der Waals surface area contributed by atoms with E-state index < -0.39 is 0 Å². The van der Waals surface area contributed by atoms with Gasteiger partial charge in [0.05, 0.1) is 0 Å². The second-order valence-electron chi connectivity index (χ2n) is 5.67. The van der Waals surface area contributed by atoms with E-state index in [2.05, 4.69) is 9.72 Å². The van der Waals surface area contributed by atoms with Crippen molar-refractivity contribution in [1.82, 2.24) is 4.57 Å². The molecule has 5 heteroatoms. The van der Waals surface area contributed by atoms with Gasteiger partial charge in [0.15, 0.2) is 0 Å². The maximum Gasteiger partial charge on any atom is 0.257 e. The van der Waals surface area contributed by atoms with Gasteiger partial charge in [0, 0.05) is 19.8 Å². The molecule has 1 fully saturated rings. The molecular formula is C14H21N3O2. The molecule has 1 heterocycles. The molecule has 0 aromatic carbocycles. The summed E-state index contributed by atoms with van der Waals surface area (Å²) >= 11 is 0. The first-order valence-corrected chi connectivity index (χ1v) is 7.27. The number of oxime groups is 1. The summed E-state index contributed by atoms with van der Waals surface area (Å²) in [4.78, 5) is 0. The molecule has 0 amide bonds. The van der Waals surface area contributed by atoms with E-state index in [-0.39, 0.29) is 6.04 Å². The van der Waals surface area contributed by atoms with Crippen LogP contribution in [0.15, 0.2) is 5.16 Å². The molecule has 0 bridgehead atoms. The summed E-state index contributed by atoms with van der Waals surface area (Å²) in [5.41, 5.74) is 2.94. The SMILES string of the molecule is Cc1n([C@H]2CCCC/C2=N/O)c2c([n+]1[O-])CCCC2. The van der Waals surface area contributed by atoms with Gasteiger partial charge in [0.25, 0.3) is 5.82 Å². The number of rotatable bonds is 1. The van der Waals surface area contributed by atoms with Gasteiger partial charge in [-0.1, -0.05) is 5.16 Å². The Balaban J connectivity index is 2.09. The zero-order valence-corrected chi connectivity index (χ0v) is 11.4. The molecule has 2 aliphatic carbocycles. The predicted octanol–water partition coefficient (Wildman–Crippen LogP) is 2.25. The molecule has 0 spiro atoms. The van der Waals surface area contributed by atoms with Crippen LogP contribution in [0, 0.1) is 12.1 Å². The Morgan fingerprint density at radius 3 is 2.74 bits per heavy atom. The third kappa shape index (κ3) is 1.91. The molecule has 3 rings (SSSR count). The summed E-state index contributed by atoms with van der Waals surface area (Å²) in [6.07, 6.45) is 8.13. The van der Waals surface area contributed by atoms with E-state index in [4.69, 9.17) is 0 Å². The summed E-state index contributed by atoms with van der Waals surface area (Å²) in [6.45, 7) is 1.88. The Bertz CT molecular complexity index is 519. The minimum absolute atomic E-state index is 0.0841. The van der Waals surface area contributed by atoms with Crippen molar-refractivity contribution in [2.24, 2.45) is 5.16 Å². The molecular weight excluding hydrogens is 242 g/mol. The van der Waals surface area contributed by atoms with Crippen LogP contribution in [0.3, 0.4) is 0 Å². The molecule has 5 nitrogen and oxygen atoms in total. The molecule has 0 saturated heterocycles. The lowest BCUT2D eigenvalue weighted by Gasteiger charge is -2.23. The molecule has 104 valence electrons. The maximum atomic E-state index is 12.3. The summed E-state index contributed by atoms with van der Waals surface area (Å²) in [6, 6.07) is 0.0841. The van der Waals surface area contributed by atoms with E-state index in [9.17, 15) is 10.4 Å². The van der Waals surface area contributed by atoms with Gasteiger partial charge in [-0.05, 0) is 38.5 Å². The molecule has 1 aromatic heterocycles. The molecule has 19 heavy (non-hydrogen) atoms. The van der Waals surface area contributed by atoms with Gasteiger partial charge in [-0.25, -0.2) is 9.30 Å². The van der Waals surface area contributed by atoms with Crippen molar-refractivity contribution in [2.45, 2.75) is 64.3 Å². The predicted molar refractivity (Wildman–Crippen MR) is 71.5 cm³/mol. The van der Waals surface area contributed by atoms with Crippen molar-refractivity contribution in [1.29, 1.82) is 0 Å². The van der Waals surface area contributed by atoms with Gasteiger partial charge in [-0.3, -0.25) is 0 Å². The van der Waals surface area contributed by atoms with E-state index in [1.165, 1.54) is 5.69 Å². The third-order valence-corrected chi connectivity index (χ3v) is 4.57. The van der Waals surface area contributed by atoms with Crippen molar-refractivity contribution in [3.8, 4) is 0 Å². The van der Waals surface area contributed by atoms with Crippen molar-refractivity contribution in [3.63, 3.8) is 0 Å². The number of nitrogens with zero attached hydrogens (tertiary/aromatic N) is 3. The molecule has 1 saturated carbocycles. The summed E-state index contributed by atoms with van der Waals surface area (Å²) in [5.74, 6) is 0.750. The normalized spacial score (nSPS) is 25.5. The van der Waals surface area contributed by atoms with Crippen LogP contribution in [0.25, 0.3) is 0 Å². The van der Waals surface area contributed by atoms with Crippen LogP contribution in [0.4, 0.5) is 0 Å². The average Bonchev–Trinajstić information content (AvgIpc) is 2.71. The average molecular weight is 263 g/mol. The van der Waals surface area contributed by atoms with Gasteiger partial charge in [0.1, 0.15) is 23.1 Å². The van der Waals surface area contributed by atoms with Crippen molar-refractivity contribution >= 4 is 5.71 Å². The van der Waals surface area contributed by atoms with Crippen LogP contribution in [0.5, 0.6) is 0 Å². The Kier molecular flexibility index (Phi) is 3.21. The fourth-order valence-corrected chi connectivity index (χ4v) is 3.63. The monoisotopic (exact) mass is 263 g/mol. The van der Waals surface area contributed by atoms with E-state index in [0.717, 1.165) is 73.3 Å². The smallest absolute Gasteiger partial charge is 0.257 e. The van der Waals surface area contributed by atoms with Crippen LogP contribution < -0.4 is 4.73 Å². The lowest BCUT2D eigenvalue weighted by Crippen LogP contribution is -2.34.